The molecule has 0 aliphatic carbocycles. The maximum atomic E-state index is 12.7. The van der Waals surface area contributed by atoms with E-state index in [2.05, 4.69) is 4.74 Å². The molecular weight excluding hydrogens is 287 g/mol. The minimum Gasteiger partial charge on any atom is -0.467 e. The SMILES string of the molecule is COC(=O)[C@H](O)Cc1cc(Cl)c(N)c(C(F)(F)F)c1. The first-order valence-corrected chi connectivity index (χ1v) is 5.45. The summed E-state index contributed by atoms with van der Waals surface area (Å²) in [6, 6.07) is 1.91. The number of aliphatic hydroxyl groups is 1. The fraction of sp³-hybridized carbons (Fsp3) is 0.364. The Labute approximate surface area is 111 Å². The van der Waals surface area contributed by atoms with Gasteiger partial charge in [-0.2, -0.15) is 13.2 Å². The number of halogens is 4. The highest BCUT2D eigenvalue weighted by Crippen LogP contribution is 2.37. The van der Waals surface area contributed by atoms with Gasteiger partial charge in [-0.25, -0.2) is 4.79 Å². The van der Waals surface area contributed by atoms with E-state index in [0.717, 1.165) is 19.2 Å². The third-order valence-corrected chi connectivity index (χ3v) is 2.71. The zero-order valence-electron chi connectivity index (χ0n) is 9.79. The number of hydrogen-bond acceptors (Lipinski definition) is 4. The Morgan fingerprint density at radius 1 is 1.53 bits per heavy atom. The lowest BCUT2D eigenvalue weighted by atomic mass is 10.0. The highest BCUT2D eigenvalue weighted by molar-refractivity contribution is 6.33. The summed E-state index contributed by atoms with van der Waals surface area (Å²) in [5.41, 5.74) is 3.58. The van der Waals surface area contributed by atoms with Gasteiger partial charge in [0.1, 0.15) is 0 Å². The summed E-state index contributed by atoms with van der Waals surface area (Å²) in [5.74, 6) is -0.943. The first-order valence-electron chi connectivity index (χ1n) is 5.07. The summed E-state index contributed by atoms with van der Waals surface area (Å²) < 4.78 is 42.3. The van der Waals surface area contributed by atoms with Crippen LogP contribution in [0.5, 0.6) is 0 Å². The molecule has 0 amide bonds. The molecule has 0 aliphatic rings. The minimum absolute atomic E-state index is 0.0319. The number of esters is 1. The van der Waals surface area contributed by atoms with E-state index in [1.54, 1.807) is 0 Å². The largest absolute Gasteiger partial charge is 0.467 e. The number of benzene rings is 1. The van der Waals surface area contributed by atoms with Crippen LogP contribution in [0.3, 0.4) is 0 Å². The quantitative estimate of drug-likeness (QED) is 0.661. The molecule has 0 spiro atoms. The molecule has 0 fully saturated rings. The number of aliphatic hydroxyl groups excluding tert-OH is 1. The van der Waals surface area contributed by atoms with Crippen LogP contribution >= 0.6 is 11.6 Å². The molecule has 0 aliphatic heterocycles. The molecule has 8 heteroatoms. The van der Waals surface area contributed by atoms with Gasteiger partial charge in [0.05, 0.1) is 23.4 Å². The molecule has 1 rings (SSSR count). The zero-order valence-corrected chi connectivity index (χ0v) is 10.5. The average Bonchev–Trinajstić information content (AvgIpc) is 2.30. The predicted octanol–water partition coefficient (Wildman–Crippen LogP) is 2.02. The minimum atomic E-state index is -4.67. The fourth-order valence-corrected chi connectivity index (χ4v) is 1.71. The third kappa shape index (κ3) is 3.74. The van der Waals surface area contributed by atoms with Gasteiger partial charge in [0.15, 0.2) is 6.10 Å². The maximum absolute atomic E-state index is 12.7. The van der Waals surface area contributed by atoms with Crippen molar-refractivity contribution in [1.82, 2.24) is 0 Å². The van der Waals surface area contributed by atoms with E-state index in [1.165, 1.54) is 0 Å². The van der Waals surface area contributed by atoms with E-state index in [0.29, 0.717) is 0 Å². The molecule has 1 aromatic carbocycles. The number of nitrogen functional groups attached to an aromatic ring is 1. The van der Waals surface area contributed by atoms with Crippen molar-refractivity contribution in [3.8, 4) is 0 Å². The third-order valence-electron chi connectivity index (χ3n) is 2.40. The Morgan fingerprint density at radius 2 is 2.11 bits per heavy atom. The number of methoxy groups -OCH3 is 1. The monoisotopic (exact) mass is 297 g/mol. The number of alkyl halides is 3. The van der Waals surface area contributed by atoms with Crippen molar-refractivity contribution in [2.75, 3.05) is 12.8 Å². The second kappa shape index (κ2) is 5.66. The van der Waals surface area contributed by atoms with E-state index in [-0.39, 0.29) is 17.0 Å². The molecule has 0 heterocycles. The molecule has 0 aromatic heterocycles. The van der Waals surface area contributed by atoms with Crippen molar-refractivity contribution in [2.24, 2.45) is 0 Å². The number of carbonyl (C=O) groups is 1. The Kier molecular flexibility index (Phi) is 4.65. The van der Waals surface area contributed by atoms with Crippen LogP contribution in [-0.4, -0.2) is 24.3 Å². The Bertz CT molecular complexity index is 491. The Morgan fingerprint density at radius 3 is 2.58 bits per heavy atom. The number of carbonyl (C=O) groups excluding carboxylic acids is 1. The average molecular weight is 298 g/mol. The molecular formula is C11H11ClF3NO3. The van der Waals surface area contributed by atoms with Gasteiger partial charge in [-0.15, -0.1) is 0 Å². The lowest BCUT2D eigenvalue weighted by molar-refractivity contribution is -0.150. The van der Waals surface area contributed by atoms with Gasteiger partial charge in [-0.1, -0.05) is 11.6 Å². The van der Waals surface area contributed by atoms with Gasteiger partial charge in [0, 0.05) is 6.42 Å². The lowest BCUT2D eigenvalue weighted by Gasteiger charge is -2.14. The second-order valence-electron chi connectivity index (χ2n) is 3.78. The fourth-order valence-electron chi connectivity index (χ4n) is 1.47. The van der Waals surface area contributed by atoms with Crippen molar-refractivity contribution >= 4 is 23.3 Å². The van der Waals surface area contributed by atoms with Gasteiger partial charge in [0.25, 0.3) is 0 Å². The first-order chi connectivity index (χ1) is 8.66. The Balaban J connectivity index is 3.11. The topological polar surface area (TPSA) is 72.5 Å². The van der Waals surface area contributed by atoms with Crippen LogP contribution in [-0.2, 0) is 22.1 Å². The van der Waals surface area contributed by atoms with Gasteiger partial charge in [0.2, 0.25) is 0 Å². The van der Waals surface area contributed by atoms with Crippen LogP contribution in [0, 0.1) is 0 Å². The summed E-state index contributed by atoms with van der Waals surface area (Å²) in [4.78, 5) is 11.0. The molecule has 0 radical (unpaired) electrons. The van der Waals surface area contributed by atoms with E-state index < -0.39 is 29.5 Å². The summed E-state index contributed by atoms with van der Waals surface area (Å²) in [6.45, 7) is 0. The van der Waals surface area contributed by atoms with Crippen LogP contribution in [0.4, 0.5) is 18.9 Å². The molecule has 0 bridgehead atoms. The van der Waals surface area contributed by atoms with Crippen molar-refractivity contribution in [3.05, 3.63) is 28.3 Å². The summed E-state index contributed by atoms with van der Waals surface area (Å²) in [6.07, 6.45) is -6.58. The van der Waals surface area contributed by atoms with Gasteiger partial charge >= 0.3 is 12.1 Å². The molecule has 3 N–H and O–H groups in total. The number of ether oxygens (including phenoxy) is 1. The van der Waals surface area contributed by atoms with Gasteiger partial charge < -0.3 is 15.6 Å². The maximum Gasteiger partial charge on any atom is 0.418 e. The van der Waals surface area contributed by atoms with E-state index in [4.69, 9.17) is 17.3 Å². The predicted molar refractivity (Wildman–Crippen MR) is 62.6 cm³/mol. The van der Waals surface area contributed by atoms with E-state index >= 15 is 0 Å². The van der Waals surface area contributed by atoms with E-state index in [9.17, 15) is 23.1 Å². The van der Waals surface area contributed by atoms with Crippen molar-refractivity contribution in [2.45, 2.75) is 18.7 Å². The number of anilines is 1. The van der Waals surface area contributed by atoms with Crippen LogP contribution in [0.15, 0.2) is 12.1 Å². The standard InChI is InChI=1S/C11H11ClF3NO3/c1-19-10(18)8(17)4-5-2-6(11(13,14)15)9(16)7(12)3-5/h2-3,8,17H,4,16H2,1H3/t8-/m1/s1. The molecule has 1 aromatic rings. The molecule has 4 nitrogen and oxygen atoms in total. The van der Waals surface area contributed by atoms with Gasteiger partial charge in [-0.3, -0.25) is 0 Å². The van der Waals surface area contributed by atoms with E-state index in [1.807, 2.05) is 0 Å². The van der Waals surface area contributed by atoms with Crippen molar-refractivity contribution in [1.29, 1.82) is 0 Å². The first kappa shape index (κ1) is 15.6. The van der Waals surface area contributed by atoms with Crippen LogP contribution < -0.4 is 5.73 Å². The van der Waals surface area contributed by atoms with Crippen molar-refractivity contribution in [3.63, 3.8) is 0 Å². The summed E-state index contributed by atoms with van der Waals surface area (Å²) in [7, 11) is 1.06. The molecule has 106 valence electrons. The number of rotatable bonds is 3. The summed E-state index contributed by atoms with van der Waals surface area (Å²) >= 11 is 5.60. The number of nitrogens with two attached hydrogens (primary N) is 1. The molecule has 0 saturated heterocycles. The highest BCUT2D eigenvalue weighted by Gasteiger charge is 2.34. The second-order valence-corrected chi connectivity index (χ2v) is 4.19. The number of hydrogen-bond donors (Lipinski definition) is 2. The molecule has 0 unspecified atom stereocenters. The van der Waals surface area contributed by atoms with Gasteiger partial charge in [-0.05, 0) is 17.7 Å². The Hall–Kier alpha value is -1.47. The van der Waals surface area contributed by atoms with Crippen LogP contribution in [0.2, 0.25) is 5.02 Å². The molecule has 0 saturated carbocycles. The van der Waals surface area contributed by atoms with Crippen LogP contribution in [0.25, 0.3) is 0 Å². The molecule has 1 atom stereocenters. The van der Waals surface area contributed by atoms with Crippen molar-refractivity contribution < 1.29 is 27.8 Å². The lowest BCUT2D eigenvalue weighted by Crippen LogP contribution is -2.24. The molecule has 19 heavy (non-hydrogen) atoms. The van der Waals surface area contributed by atoms with Crippen LogP contribution in [0.1, 0.15) is 11.1 Å². The summed E-state index contributed by atoms with van der Waals surface area (Å²) in [5, 5.41) is 9.10. The smallest absolute Gasteiger partial charge is 0.418 e. The normalized spacial score (nSPS) is 13.2. The zero-order chi connectivity index (χ0) is 14.8. The highest BCUT2D eigenvalue weighted by atomic mass is 35.5.